The Hall–Kier alpha value is 0.730. The van der Waals surface area contributed by atoms with Gasteiger partial charge in [0.25, 0.3) is 0 Å². The van der Waals surface area contributed by atoms with Gasteiger partial charge in [-0.1, -0.05) is 49.3 Å². The highest BCUT2D eigenvalue weighted by atomic mass is 127. The Balaban J connectivity index is 2.92. The van der Waals surface area contributed by atoms with Crippen molar-refractivity contribution in [2.75, 3.05) is 4.43 Å². The van der Waals surface area contributed by atoms with Crippen LogP contribution in [-0.4, -0.2) is 4.43 Å². The van der Waals surface area contributed by atoms with Gasteiger partial charge in [0.1, 0.15) is 0 Å². The molecule has 0 unspecified atom stereocenters. The van der Waals surface area contributed by atoms with Gasteiger partial charge < -0.3 is 0 Å². The molecule has 0 spiro atoms. The van der Waals surface area contributed by atoms with Crippen molar-refractivity contribution in [1.29, 1.82) is 0 Å². The minimum Gasteiger partial charge on any atom is -0.0864 e. The van der Waals surface area contributed by atoms with Crippen molar-refractivity contribution in [2.24, 2.45) is 5.92 Å². The summed E-state index contributed by atoms with van der Waals surface area (Å²) in [6.07, 6.45) is 4.15. The Kier molecular flexibility index (Phi) is 6.39. The number of rotatable bonds is 4. The van der Waals surface area contributed by atoms with Crippen molar-refractivity contribution < 1.29 is 0 Å². The first-order valence-electron chi connectivity index (χ1n) is 3.37. The molecular formula is C7H15I. The van der Waals surface area contributed by atoms with E-state index in [1.54, 1.807) is 0 Å². The molecule has 0 aromatic carbocycles. The zero-order valence-electron chi connectivity index (χ0n) is 5.78. The van der Waals surface area contributed by atoms with E-state index in [1.165, 1.54) is 23.7 Å². The summed E-state index contributed by atoms with van der Waals surface area (Å²) >= 11 is 2.44. The zero-order chi connectivity index (χ0) is 6.41. The monoisotopic (exact) mass is 226 g/mol. The van der Waals surface area contributed by atoms with Gasteiger partial charge in [0.2, 0.25) is 0 Å². The van der Waals surface area contributed by atoms with Crippen LogP contribution < -0.4 is 0 Å². The zero-order valence-corrected chi connectivity index (χ0v) is 7.94. The molecule has 0 nitrogen and oxygen atoms in total. The lowest BCUT2D eigenvalue weighted by molar-refractivity contribution is 0.516. The van der Waals surface area contributed by atoms with E-state index >= 15 is 0 Å². The maximum absolute atomic E-state index is 2.44. The second kappa shape index (κ2) is 5.86. The van der Waals surface area contributed by atoms with Crippen LogP contribution in [0.1, 0.15) is 33.1 Å². The summed E-state index contributed by atoms with van der Waals surface area (Å²) in [4.78, 5) is 0. The molecule has 8 heavy (non-hydrogen) atoms. The van der Waals surface area contributed by atoms with Crippen LogP contribution in [0.3, 0.4) is 0 Å². The van der Waals surface area contributed by atoms with E-state index in [9.17, 15) is 0 Å². The van der Waals surface area contributed by atoms with Crippen LogP contribution in [0.25, 0.3) is 0 Å². The van der Waals surface area contributed by atoms with E-state index in [1.807, 2.05) is 0 Å². The lowest BCUT2D eigenvalue weighted by Gasteiger charge is -2.04. The third-order valence-electron chi connectivity index (χ3n) is 1.38. The quantitative estimate of drug-likeness (QED) is 0.509. The predicted octanol–water partition coefficient (Wildman–Crippen LogP) is 3.25. The van der Waals surface area contributed by atoms with Gasteiger partial charge in [-0.3, -0.25) is 0 Å². The van der Waals surface area contributed by atoms with Gasteiger partial charge in [0.15, 0.2) is 0 Å². The normalized spacial score (nSPS) is 13.9. The molecule has 0 aliphatic heterocycles. The van der Waals surface area contributed by atoms with E-state index in [0.29, 0.717) is 0 Å². The Labute approximate surface area is 66.2 Å². The molecule has 50 valence electrons. The topological polar surface area (TPSA) is 0 Å². The van der Waals surface area contributed by atoms with Crippen LogP contribution in [0.5, 0.6) is 0 Å². The molecule has 0 aliphatic carbocycles. The van der Waals surface area contributed by atoms with E-state index < -0.39 is 0 Å². The summed E-state index contributed by atoms with van der Waals surface area (Å²) < 4.78 is 1.32. The van der Waals surface area contributed by atoms with E-state index in [-0.39, 0.29) is 0 Å². The molecule has 0 rings (SSSR count). The van der Waals surface area contributed by atoms with Crippen molar-refractivity contribution in [3.63, 3.8) is 0 Å². The maximum Gasteiger partial charge on any atom is -0.000219 e. The fourth-order valence-electron chi connectivity index (χ4n) is 0.823. The summed E-state index contributed by atoms with van der Waals surface area (Å²) in [5, 5.41) is 0. The highest BCUT2D eigenvalue weighted by molar-refractivity contribution is 14.1. The van der Waals surface area contributed by atoms with Gasteiger partial charge in [-0.2, -0.15) is 0 Å². The molecular weight excluding hydrogens is 211 g/mol. The van der Waals surface area contributed by atoms with Crippen LogP contribution in [-0.2, 0) is 0 Å². The highest BCUT2D eigenvalue weighted by Gasteiger charge is 1.96. The predicted molar refractivity (Wildman–Crippen MR) is 47.6 cm³/mol. The molecule has 0 radical (unpaired) electrons. The van der Waals surface area contributed by atoms with Gasteiger partial charge in [0, 0.05) is 0 Å². The van der Waals surface area contributed by atoms with E-state index in [0.717, 1.165) is 5.92 Å². The summed E-state index contributed by atoms with van der Waals surface area (Å²) in [5.41, 5.74) is 0. The summed E-state index contributed by atoms with van der Waals surface area (Å²) in [5.74, 6) is 0.955. The largest absolute Gasteiger partial charge is 0.0864 e. The first-order valence-corrected chi connectivity index (χ1v) is 4.89. The standard InChI is InChI=1S/C7H15I/c1-3-4-7(2)5-6-8/h7H,3-6H2,1-2H3/t7-/m0/s1. The molecule has 0 fully saturated rings. The van der Waals surface area contributed by atoms with Crippen molar-refractivity contribution in [2.45, 2.75) is 33.1 Å². The van der Waals surface area contributed by atoms with E-state index in [2.05, 4.69) is 36.4 Å². The molecule has 0 saturated carbocycles. The van der Waals surface area contributed by atoms with Crippen LogP contribution >= 0.6 is 22.6 Å². The number of alkyl halides is 1. The van der Waals surface area contributed by atoms with Gasteiger partial charge in [0.05, 0.1) is 0 Å². The fraction of sp³-hybridized carbons (Fsp3) is 1.00. The summed E-state index contributed by atoms with van der Waals surface area (Å²) in [6.45, 7) is 4.59. The molecule has 1 atom stereocenters. The fourth-order valence-corrected chi connectivity index (χ4v) is 1.89. The van der Waals surface area contributed by atoms with Crippen LogP contribution in [0.2, 0.25) is 0 Å². The molecule has 0 aromatic rings. The second-order valence-electron chi connectivity index (χ2n) is 2.37. The molecule has 0 aliphatic rings. The summed E-state index contributed by atoms with van der Waals surface area (Å²) in [7, 11) is 0. The maximum atomic E-state index is 2.44. The molecule has 0 aromatic heterocycles. The minimum absolute atomic E-state index is 0.955. The van der Waals surface area contributed by atoms with Crippen molar-refractivity contribution in [3.05, 3.63) is 0 Å². The average Bonchev–Trinajstić information content (AvgIpc) is 1.68. The lowest BCUT2D eigenvalue weighted by Crippen LogP contribution is -1.92. The van der Waals surface area contributed by atoms with Gasteiger partial charge >= 0.3 is 0 Å². The molecule has 0 saturated heterocycles. The SMILES string of the molecule is CCC[C@H](C)CCI. The first-order chi connectivity index (χ1) is 3.81. The van der Waals surface area contributed by atoms with Crippen LogP contribution in [0.15, 0.2) is 0 Å². The van der Waals surface area contributed by atoms with Crippen molar-refractivity contribution in [3.8, 4) is 0 Å². The molecule has 0 heterocycles. The van der Waals surface area contributed by atoms with Gasteiger partial charge in [-0.25, -0.2) is 0 Å². The van der Waals surface area contributed by atoms with Crippen molar-refractivity contribution in [1.82, 2.24) is 0 Å². The number of hydrogen-bond acceptors (Lipinski definition) is 0. The minimum atomic E-state index is 0.955. The third-order valence-corrected chi connectivity index (χ3v) is 2.01. The Morgan fingerprint density at radius 3 is 2.38 bits per heavy atom. The lowest BCUT2D eigenvalue weighted by atomic mass is 10.0. The smallest absolute Gasteiger partial charge is 0.000219 e. The summed E-state index contributed by atoms with van der Waals surface area (Å²) in [6, 6.07) is 0. The molecule has 0 bridgehead atoms. The Morgan fingerprint density at radius 2 is 2.00 bits per heavy atom. The molecule has 0 amide bonds. The number of hydrogen-bond donors (Lipinski definition) is 0. The highest BCUT2D eigenvalue weighted by Crippen LogP contribution is 2.10. The molecule has 0 N–H and O–H groups in total. The third kappa shape index (κ3) is 4.88. The van der Waals surface area contributed by atoms with Gasteiger partial charge in [-0.15, -0.1) is 0 Å². The van der Waals surface area contributed by atoms with Crippen molar-refractivity contribution >= 4 is 22.6 Å². The van der Waals surface area contributed by atoms with E-state index in [4.69, 9.17) is 0 Å². The number of halogens is 1. The Bertz CT molecular complexity index is 37.7. The first kappa shape index (κ1) is 8.73. The Morgan fingerprint density at radius 1 is 1.38 bits per heavy atom. The second-order valence-corrected chi connectivity index (χ2v) is 3.45. The average molecular weight is 226 g/mol. The molecule has 1 heteroatoms. The van der Waals surface area contributed by atoms with Crippen LogP contribution in [0.4, 0.5) is 0 Å². The van der Waals surface area contributed by atoms with Gasteiger partial charge in [-0.05, 0) is 16.8 Å². The van der Waals surface area contributed by atoms with Crippen LogP contribution in [0, 0.1) is 5.92 Å².